The molecule has 1 N–H and O–H groups in total. The third kappa shape index (κ3) is 2.96. The van der Waals surface area contributed by atoms with Crippen molar-refractivity contribution in [2.24, 2.45) is 0 Å². The van der Waals surface area contributed by atoms with Gasteiger partial charge in [-0.15, -0.1) is 11.3 Å². The van der Waals surface area contributed by atoms with Crippen LogP contribution in [0, 0.1) is 13.8 Å². The summed E-state index contributed by atoms with van der Waals surface area (Å²) in [4.78, 5) is 22.6. The zero-order chi connectivity index (χ0) is 17.4. The van der Waals surface area contributed by atoms with E-state index < -0.39 is 0 Å². The molecular formula is C17H15N3O4S. The number of rotatable bonds is 4. The highest BCUT2D eigenvalue weighted by Crippen LogP contribution is 2.35. The number of carbonyl (C=O) groups is 1. The SMILES string of the molecule is Cc1sc2ncnc(OCC(=O)Nc3ccc4c(c3)OCO4)c2c1C. The molecule has 3 heterocycles. The van der Waals surface area contributed by atoms with Crippen LogP contribution >= 0.6 is 11.3 Å². The molecule has 8 heteroatoms. The van der Waals surface area contributed by atoms with E-state index in [0.29, 0.717) is 23.1 Å². The zero-order valence-electron chi connectivity index (χ0n) is 13.7. The lowest BCUT2D eigenvalue weighted by atomic mass is 10.2. The Morgan fingerprint density at radius 2 is 2.12 bits per heavy atom. The standard InChI is InChI=1S/C17H15N3O4S/c1-9-10(2)25-17-15(9)16(18-7-19-17)22-6-14(21)20-11-3-4-12-13(5-11)24-8-23-12/h3-5,7H,6,8H2,1-2H3,(H,20,21). The van der Waals surface area contributed by atoms with Crippen LogP contribution in [-0.4, -0.2) is 29.3 Å². The van der Waals surface area contributed by atoms with Crippen LogP contribution in [-0.2, 0) is 4.79 Å². The molecule has 25 heavy (non-hydrogen) atoms. The van der Waals surface area contributed by atoms with Gasteiger partial charge >= 0.3 is 0 Å². The second-order valence-corrected chi connectivity index (χ2v) is 6.75. The van der Waals surface area contributed by atoms with Crippen molar-refractivity contribution in [3.63, 3.8) is 0 Å². The molecule has 0 spiro atoms. The summed E-state index contributed by atoms with van der Waals surface area (Å²) in [7, 11) is 0. The van der Waals surface area contributed by atoms with Crippen LogP contribution in [0.2, 0.25) is 0 Å². The normalized spacial score (nSPS) is 12.4. The molecule has 128 valence electrons. The topological polar surface area (TPSA) is 82.6 Å². The number of hydrogen-bond acceptors (Lipinski definition) is 7. The number of aromatic nitrogens is 2. The maximum atomic E-state index is 12.2. The van der Waals surface area contributed by atoms with Gasteiger partial charge in [0.05, 0.1) is 5.39 Å². The lowest BCUT2D eigenvalue weighted by Gasteiger charge is -2.08. The highest BCUT2D eigenvalue weighted by atomic mass is 32.1. The van der Waals surface area contributed by atoms with E-state index in [2.05, 4.69) is 15.3 Å². The number of aryl methyl sites for hydroxylation is 2. The van der Waals surface area contributed by atoms with E-state index in [1.807, 2.05) is 13.8 Å². The molecule has 1 amide bonds. The van der Waals surface area contributed by atoms with E-state index in [4.69, 9.17) is 14.2 Å². The molecule has 0 radical (unpaired) electrons. The van der Waals surface area contributed by atoms with Gasteiger partial charge in [0.15, 0.2) is 18.1 Å². The van der Waals surface area contributed by atoms with Crippen LogP contribution in [0.15, 0.2) is 24.5 Å². The molecule has 0 bridgehead atoms. The lowest BCUT2D eigenvalue weighted by molar-refractivity contribution is -0.118. The Hall–Kier alpha value is -2.87. The Kier molecular flexibility index (Phi) is 3.89. The van der Waals surface area contributed by atoms with Crippen molar-refractivity contribution in [3.05, 3.63) is 35.0 Å². The van der Waals surface area contributed by atoms with Gasteiger partial charge in [0.25, 0.3) is 5.91 Å². The predicted molar refractivity (Wildman–Crippen MR) is 93.6 cm³/mol. The molecule has 1 aliphatic rings. The van der Waals surface area contributed by atoms with Gasteiger partial charge in [0.1, 0.15) is 11.2 Å². The Bertz CT molecular complexity index is 970. The molecule has 2 aromatic heterocycles. The number of carbonyl (C=O) groups excluding carboxylic acids is 1. The molecule has 0 fully saturated rings. The molecule has 4 rings (SSSR count). The Morgan fingerprint density at radius 1 is 1.28 bits per heavy atom. The van der Waals surface area contributed by atoms with Crippen LogP contribution in [0.4, 0.5) is 5.69 Å². The predicted octanol–water partition coefficient (Wildman–Crippen LogP) is 3.05. The molecule has 1 aromatic carbocycles. The van der Waals surface area contributed by atoms with E-state index >= 15 is 0 Å². The van der Waals surface area contributed by atoms with E-state index in [0.717, 1.165) is 20.7 Å². The summed E-state index contributed by atoms with van der Waals surface area (Å²) < 4.78 is 16.2. The van der Waals surface area contributed by atoms with Gasteiger partial charge < -0.3 is 19.5 Å². The van der Waals surface area contributed by atoms with Gasteiger partial charge in [0.2, 0.25) is 12.7 Å². The number of ether oxygens (including phenoxy) is 3. The number of anilines is 1. The molecule has 0 saturated carbocycles. The number of fused-ring (bicyclic) bond motifs is 2. The number of amides is 1. The number of nitrogens with one attached hydrogen (secondary N) is 1. The molecule has 0 unspecified atom stereocenters. The van der Waals surface area contributed by atoms with Crippen molar-refractivity contribution >= 4 is 33.1 Å². The van der Waals surface area contributed by atoms with Crippen molar-refractivity contribution in [1.29, 1.82) is 0 Å². The molecular weight excluding hydrogens is 342 g/mol. The summed E-state index contributed by atoms with van der Waals surface area (Å²) in [5.74, 6) is 1.42. The quantitative estimate of drug-likeness (QED) is 0.773. The fourth-order valence-electron chi connectivity index (χ4n) is 2.56. The lowest BCUT2D eigenvalue weighted by Crippen LogP contribution is -2.20. The van der Waals surface area contributed by atoms with Crippen molar-refractivity contribution in [2.45, 2.75) is 13.8 Å². The zero-order valence-corrected chi connectivity index (χ0v) is 14.5. The Morgan fingerprint density at radius 3 is 3.00 bits per heavy atom. The first-order valence-corrected chi connectivity index (χ1v) is 8.46. The number of thiophene rings is 1. The van der Waals surface area contributed by atoms with Gasteiger partial charge in [-0.1, -0.05) is 0 Å². The Labute approximate surface area is 147 Å². The van der Waals surface area contributed by atoms with Crippen molar-refractivity contribution < 1.29 is 19.0 Å². The second-order valence-electron chi connectivity index (χ2n) is 5.55. The maximum absolute atomic E-state index is 12.2. The Balaban J connectivity index is 1.46. The minimum Gasteiger partial charge on any atom is -0.467 e. The first kappa shape index (κ1) is 15.6. The van der Waals surface area contributed by atoms with E-state index in [1.165, 1.54) is 6.33 Å². The van der Waals surface area contributed by atoms with Crippen LogP contribution < -0.4 is 19.5 Å². The third-order valence-electron chi connectivity index (χ3n) is 3.93. The van der Waals surface area contributed by atoms with E-state index in [9.17, 15) is 4.79 Å². The molecule has 7 nitrogen and oxygen atoms in total. The highest BCUT2D eigenvalue weighted by molar-refractivity contribution is 7.18. The summed E-state index contributed by atoms with van der Waals surface area (Å²) in [5, 5.41) is 3.63. The van der Waals surface area contributed by atoms with Crippen molar-refractivity contribution in [2.75, 3.05) is 18.7 Å². The van der Waals surface area contributed by atoms with Crippen LogP contribution in [0.3, 0.4) is 0 Å². The fourth-order valence-corrected chi connectivity index (χ4v) is 3.55. The number of benzene rings is 1. The van der Waals surface area contributed by atoms with Gasteiger partial charge in [0, 0.05) is 16.6 Å². The fraction of sp³-hybridized carbons (Fsp3) is 0.235. The second kappa shape index (κ2) is 6.21. The van der Waals surface area contributed by atoms with E-state index in [-0.39, 0.29) is 19.3 Å². The molecule has 0 atom stereocenters. The van der Waals surface area contributed by atoms with Gasteiger partial charge in [-0.2, -0.15) is 0 Å². The number of nitrogens with zero attached hydrogens (tertiary/aromatic N) is 2. The molecule has 0 saturated heterocycles. The summed E-state index contributed by atoms with van der Waals surface area (Å²) in [5.41, 5.74) is 1.69. The molecule has 1 aliphatic heterocycles. The average Bonchev–Trinajstić information content (AvgIpc) is 3.17. The van der Waals surface area contributed by atoms with Gasteiger partial charge in [-0.3, -0.25) is 4.79 Å². The van der Waals surface area contributed by atoms with Crippen molar-refractivity contribution in [3.8, 4) is 17.4 Å². The van der Waals surface area contributed by atoms with Crippen LogP contribution in [0.5, 0.6) is 17.4 Å². The highest BCUT2D eigenvalue weighted by Gasteiger charge is 2.16. The summed E-state index contributed by atoms with van der Waals surface area (Å²) in [6.07, 6.45) is 1.45. The van der Waals surface area contributed by atoms with Gasteiger partial charge in [-0.25, -0.2) is 9.97 Å². The van der Waals surface area contributed by atoms with Crippen LogP contribution in [0.1, 0.15) is 10.4 Å². The van der Waals surface area contributed by atoms with Gasteiger partial charge in [-0.05, 0) is 31.5 Å². The summed E-state index contributed by atoms with van der Waals surface area (Å²) >= 11 is 1.58. The first-order valence-electron chi connectivity index (χ1n) is 7.65. The minimum atomic E-state index is -0.282. The average molecular weight is 357 g/mol. The molecule has 0 aliphatic carbocycles. The number of hydrogen-bond donors (Lipinski definition) is 1. The third-order valence-corrected chi connectivity index (χ3v) is 5.04. The smallest absolute Gasteiger partial charge is 0.262 e. The van der Waals surface area contributed by atoms with Crippen LogP contribution in [0.25, 0.3) is 10.2 Å². The summed E-state index contributed by atoms with van der Waals surface area (Å²) in [6.45, 7) is 4.07. The first-order chi connectivity index (χ1) is 12.1. The largest absolute Gasteiger partial charge is 0.467 e. The van der Waals surface area contributed by atoms with E-state index in [1.54, 1.807) is 29.5 Å². The summed E-state index contributed by atoms with van der Waals surface area (Å²) in [6, 6.07) is 5.22. The molecule has 3 aromatic rings. The minimum absolute atomic E-state index is 0.144. The van der Waals surface area contributed by atoms with Crippen molar-refractivity contribution in [1.82, 2.24) is 9.97 Å². The maximum Gasteiger partial charge on any atom is 0.262 e. The monoisotopic (exact) mass is 357 g/mol.